The van der Waals surface area contributed by atoms with Gasteiger partial charge in [0, 0.05) is 29.8 Å². The average Bonchev–Trinajstić information content (AvgIpc) is 2.73. The van der Waals surface area contributed by atoms with Crippen LogP contribution in [-0.4, -0.2) is 42.8 Å². The van der Waals surface area contributed by atoms with Crippen molar-refractivity contribution in [1.29, 1.82) is 0 Å². The number of aromatic nitrogens is 2. The van der Waals surface area contributed by atoms with Crippen molar-refractivity contribution < 1.29 is 14.2 Å². The van der Waals surface area contributed by atoms with E-state index >= 15 is 0 Å². The number of methoxy groups -OCH3 is 1. The Morgan fingerprint density at radius 2 is 1.89 bits per heavy atom. The Kier molecular flexibility index (Phi) is 6.90. The number of terminal acetylenes is 1. The van der Waals surface area contributed by atoms with Gasteiger partial charge in [-0.1, -0.05) is 12.0 Å². The molecule has 0 saturated heterocycles. The highest BCUT2D eigenvalue weighted by Gasteiger charge is 2.13. The van der Waals surface area contributed by atoms with Crippen molar-refractivity contribution in [2.24, 2.45) is 0 Å². The number of ether oxygens (including phenoxy) is 3. The number of alkyl halides is 1. The standard InChI is InChI=1S/C21H20ClN3O3/c1-3-15-5-4-6-16(11-15)25-21-17-12-19(28-10-9-26-2)20(27-8-7-22)13-18(17)23-14-24-21/h1,4-6,11-14H,7-10H2,2H3,(H,23,24,25). The summed E-state index contributed by atoms with van der Waals surface area (Å²) in [6, 6.07) is 11.2. The molecule has 0 saturated carbocycles. The first-order chi connectivity index (χ1) is 13.7. The third-order valence-electron chi connectivity index (χ3n) is 3.87. The fourth-order valence-electron chi connectivity index (χ4n) is 2.60. The average molecular weight is 398 g/mol. The number of benzene rings is 2. The second kappa shape index (κ2) is 9.79. The molecule has 0 bridgehead atoms. The second-order valence-corrected chi connectivity index (χ2v) is 6.15. The molecule has 28 heavy (non-hydrogen) atoms. The maximum atomic E-state index is 5.82. The van der Waals surface area contributed by atoms with Crippen LogP contribution in [0.2, 0.25) is 0 Å². The number of hydrogen-bond acceptors (Lipinski definition) is 6. The van der Waals surface area contributed by atoms with Crippen molar-refractivity contribution in [1.82, 2.24) is 9.97 Å². The van der Waals surface area contributed by atoms with E-state index in [0.717, 1.165) is 16.6 Å². The molecule has 1 heterocycles. The highest BCUT2D eigenvalue weighted by molar-refractivity contribution is 6.18. The van der Waals surface area contributed by atoms with Crippen molar-refractivity contribution in [3.05, 3.63) is 48.3 Å². The van der Waals surface area contributed by atoms with E-state index in [9.17, 15) is 0 Å². The highest BCUT2D eigenvalue weighted by Crippen LogP contribution is 2.35. The zero-order valence-electron chi connectivity index (χ0n) is 15.4. The maximum absolute atomic E-state index is 5.82. The maximum Gasteiger partial charge on any atom is 0.163 e. The van der Waals surface area contributed by atoms with E-state index in [1.54, 1.807) is 7.11 Å². The zero-order valence-corrected chi connectivity index (χ0v) is 16.2. The number of rotatable bonds is 9. The molecule has 2 aromatic carbocycles. The number of fused-ring (bicyclic) bond motifs is 1. The Morgan fingerprint density at radius 1 is 1.07 bits per heavy atom. The lowest BCUT2D eigenvalue weighted by molar-refractivity contribution is 0.143. The lowest BCUT2D eigenvalue weighted by Gasteiger charge is -2.15. The van der Waals surface area contributed by atoms with Crippen LogP contribution in [0.25, 0.3) is 10.9 Å². The van der Waals surface area contributed by atoms with Crippen LogP contribution in [0.5, 0.6) is 11.5 Å². The second-order valence-electron chi connectivity index (χ2n) is 5.77. The van der Waals surface area contributed by atoms with E-state index in [0.29, 0.717) is 48.5 Å². The molecule has 0 fully saturated rings. The predicted molar refractivity (Wildman–Crippen MR) is 111 cm³/mol. The fourth-order valence-corrected chi connectivity index (χ4v) is 2.67. The van der Waals surface area contributed by atoms with Gasteiger partial charge in [-0.05, 0) is 24.3 Å². The first kappa shape index (κ1) is 19.7. The number of hydrogen-bond donors (Lipinski definition) is 1. The molecule has 0 aliphatic heterocycles. The van der Waals surface area contributed by atoms with Gasteiger partial charge in [-0.25, -0.2) is 9.97 Å². The van der Waals surface area contributed by atoms with Crippen LogP contribution >= 0.6 is 11.6 Å². The Bertz CT molecular complexity index is 988. The molecular weight excluding hydrogens is 378 g/mol. The number of nitrogens with one attached hydrogen (secondary N) is 1. The summed E-state index contributed by atoms with van der Waals surface area (Å²) in [5.74, 6) is 4.78. The van der Waals surface area contributed by atoms with Gasteiger partial charge in [0.05, 0.1) is 18.0 Å². The van der Waals surface area contributed by atoms with Gasteiger partial charge in [0.1, 0.15) is 25.4 Å². The molecule has 0 aliphatic rings. The summed E-state index contributed by atoms with van der Waals surface area (Å²) < 4.78 is 16.6. The van der Waals surface area contributed by atoms with Crippen LogP contribution in [0.3, 0.4) is 0 Å². The van der Waals surface area contributed by atoms with Gasteiger partial charge in [0.15, 0.2) is 11.5 Å². The van der Waals surface area contributed by atoms with E-state index in [1.807, 2.05) is 36.4 Å². The van der Waals surface area contributed by atoms with Crippen molar-refractivity contribution in [3.8, 4) is 23.8 Å². The van der Waals surface area contributed by atoms with E-state index in [-0.39, 0.29) is 0 Å². The quantitative estimate of drug-likeness (QED) is 0.334. The predicted octanol–water partition coefficient (Wildman–Crippen LogP) is 4.00. The van der Waals surface area contributed by atoms with E-state index < -0.39 is 0 Å². The smallest absolute Gasteiger partial charge is 0.163 e. The Balaban J connectivity index is 1.98. The minimum atomic E-state index is 0.364. The minimum absolute atomic E-state index is 0.364. The summed E-state index contributed by atoms with van der Waals surface area (Å²) in [6.45, 7) is 1.21. The van der Waals surface area contributed by atoms with E-state index in [1.165, 1.54) is 6.33 Å². The highest BCUT2D eigenvalue weighted by atomic mass is 35.5. The lowest BCUT2D eigenvalue weighted by atomic mass is 10.2. The minimum Gasteiger partial charge on any atom is -0.488 e. The first-order valence-electron chi connectivity index (χ1n) is 8.68. The molecule has 3 rings (SSSR count). The molecule has 144 valence electrons. The SMILES string of the molecule is C#Cc1cccc(Nc2ncnc3cc(OCCCl)c(OCCOC)cc23)c1. The van der Waals surface area contributed by atoms with Crippen LogP contribution in [0.15, 0.2) is 42.7 Å². The van der Waals surface area contributed by atoms with Crippen molar-refractivity contribution >= 4 is 34.0 Å². The monoisotopic (exact) mass is 397 g/mol. The first-order valence-corrected chi connectivity index (χ1v) is 9.21. The summed E-state index contributed by atoms with van der Waals surface area (Å²) in [6.07, 6.45) is 6.98. The normalized spacial score (nSPS) is 10.5. The van der Waals surface area contributed by atoms with Gasteiger partial charge >= 0.3 is 0 Å². The van der Waals surface area contributed by atoms with E-state index in [4.69, 9.17) is 32.2 Å². The summed E-state index contributed by atoms with van der Waals surface area (Å²) in [7, 11) is 1.62. The Hall–Kier alpha value is -3.01. The molecule has 0 unspecified atom stereocenters. The molecule has 0 amide bonds. The third-order valence-corrected chi connectivity index (χ3v) is 4.03. The molecule has 1 N–H and O–H groups in total. The number of anilines is 2. The van der Waals surface area contributed by atoms with Gasteiger partial charge < -0.3 is 19.5 Å². The third kappa shape index (κ3) is 4.83. The van der Waals surface area contributed by atoms with Gasteiger partial charge in [-0.2, -0.15) is 0 Å². The molecule has 0 spiro atoms. The summed E-state index contributed by atoms with van der Waals surface area (Å²) in [4.78, 5) is 8.72. The number of nitrogens with zero attached hydrogens (tertiary/aromatic N) is 2. The molecule has 3 aromatic rings. The van der Waals surface area contributed by atoms with Crippen LogP contribution in [0, 0.1) is 12.3 Å². The topological polar surface area (TPSA) is 65.5 Å². The Labute approximate surface area is 168 Å². The summed E-state index contributed by atoms with van der Waals surface area (Å²) in [5.41, 5.74) is 2.33. The summed E-state index contributed by atoms with van der Waals surface area (Å²) in [5, 5.41) is 4.08. The van der Waals surface area contributed by atoms with Gasteiger partial charge in [-0.15, -0.1) is 18.0 Å². The van der Waals surface area contributed by atoms with Crippen molar-refractivity contribution in [2.45, 2.75) is 0 Å². The largest absolute Gasteiger partial charge is 0.488 e. The summed E-state index contributed by atoms with van der Waals surface area (Å²) >= 11 is 5.75. The van der Waals surface area contributed by atoms with Gasteiger partial charge in [0.25, 0.3) is 0 Å². The molecule has 7 heteroatoms. The molecule has 0 aliphatic carbocycles. The molecule has 1 aromatic heterocycles. The van der Waals surface area contributed by atoms with E-state index in [2.05, 4.69) is 21.2 Å². The van der Waals surface area contributed by atoms with Crippen molar-refractivity contribution in [2.75, 3.05) is 38.1 Å². The van der Waals surface area contributed by atoms with Gasteiger partial charge in [-0.3, -0.25) is 0 Å². The molecule has 0 radical (unpaired) electrons. The lowest BCUT2D eigenvalue weighted by Crippen LogP contribution is -2.07. The molecule has 0 atom stereocenters. The van der Waals surface area contributed by atoms with Crippen LogP contribution < -0.4 is 14.8 Å². The van der Waals surface area contributed by atoms with Gasteiger partial charge in [0.2, 0.25) is 0 Å². The zero-order chi connectivity index (χ0) is 19.8. The van der Waals surface area contributed by atoms with Crippen LogP contribution in [-0.2, 0) is 4.74 Å². The Morgan fingerprint density at radius 3 is 2.68 bits per heavy atom. The molecular formula is C21H20ClN3O3. The fraction of sp³-hybridized carbons (Fsp3) is 0.238. The number of halogens is 1. The molecule has 6 nitrogen and oxygen atoms in total. The van der Waals surface area contributed by atoms with Crippen molar-refractivity contribution in [3.63, 3.8) is 0 Å². The van der Waals surface area contributed by atoms with Crippen LogP contribution in [0.1, 0.15) is 5.56 Å². The van der Waals surface area contributed by atoms with Crippen LogP contribution in [0.4, 0.5) is 11.5 Å².